The fourth-order valence-corrected chi connectivity index (χ4v) is 1.21. The third kappa shape index (κ3) is 1.70. The third-order valence-corrected chi connectivity index (χ3v) is 2.11. The van der Waals surface area contributed by atoms with E-state index in [0.717, 1.165) is 13.0 Å². The normalized spacial score (nSPS) is 20.8. The molecule has 0 bridgehead atoms. The minimum absolute atomic E-state index is 0.00458. The van der Waals surface area contributed by atoms with Crippen molar-refractivity contribution in [3.63, 3.8) is 0 Å². The number of carbonyl (C=O) groups is 1. The van der Waals surface area contributed by atoms with Gasteiger partial charge in [-0.15, -0.1) is 0 Å². The minimum atomic E-state index is -0.0259. The minimum Gasteiger partial charge on any atom is -0.308 e. The molecule has 5 nitrogen and oxygen atoms in total. The summed E-state index contributed by atoms with van der Waals surface area (Å²) in [6, 6.07) is 1.75. The topological polar surface area (TPSA) is 59.0 Å². The molecule has 1 aliphatic heterocycles. The molecule has 1 saturated heterocycles. The van der Waals surface area contributed by atoms with Crippen LogP contribution >= 0.6 is 0 Å². The molecule has 1 amide bonds. The van der Waals surface area contributed by atoms with E-state index in [1.807, 2.05) is 7.05 Å². The molecule has 1 unspecified atom stereocenters. The van der Waals surface area contributed by atoms with Crippen molar-refractivity contribution in [3.05, 3.63) is 12.3 Å². The van der Waals surface area contributed by atoms with Crippen LogP contribution in [0.5, 0.6) is 0 Å². The Morgan fingerprint density at radius 3 is 3.08 bits per heavy atom. The summed E-state index contributed by atoms with van der Waals surface area (Å²) in [7, 11) is 1.82. The summed E-state index contributed by atoms with van der Waals surface area (Å²) in [4.78, 5) is 11.4. The maximum absolute atomic E-state index is 11.4. The number of nitrogens with one attached hydrogen (secondary N) is 2. The number of aryl methyl sites for hydroxylation is 1. The summed E-state index contributed by atoms with van der Waals surface area (Å²) in [5.74, 6) is 0.617. The average molecular weight is 180 g/mol. The first-order valence-electron chi connectivity index (χ1n) is 4.29. The van der Waals surface area contributed by atoms with E-state index in [0.29, 0.717) is 5.82 Å². The van der Waals surface area contributed by atoms with Crippen LogP contribution < -0.4 is 10.6 Å². The number of carbonyl (C=O) groups excluding carboxylic acids is 1. The van der Waals surface area contributed by atoms with Crippen molar-refractivity contribution in [2.45, 2.75) is 12.5 Å². The molecule has 1 aliphatic rings. The molecule has 0 aliphatic carbocycles. The van der Waals surface area contributed by atoms with E-state index >= 15 is 0 Å². The van der Waals surface area contributed by atoms with Gasteiger partial charge in [-0.05, 0) is 13.0 Å². The van der Waals surface area contributed by atoms with Crippen LogP contribution in [0.4, 0.5) is 5.82 Å². The molecule has 1 fully saturated rings. The lowest BCUT2D eigenvalue weighted by atomic mass is 10.1. The van der Waals surface area contributed by atoms with Crippen LogP contribution in [0.3, 0.4) is 0 Å². The van der Waals surface area contributed by atoms with Crippen molar-refractivity contribution < 1.29 is 4.79 Å². The van der Waals surface area contributed by atoms with Gasteiger partial charge in [-0.1, -0.05) is 0 Å². The highest BCUT2D eigenvalue weighted by atomic mass is 16.2. The number of aromatic nitrogens is 2. The number of anilines is 1. The van der Waals surface area contributed by atoms with Crippen molar-refractivity contribution in [1.82, 2.24) is 15.1 Å². The van der Waals surface area contributed by atoms with Gasteiger partial charge in [-0.25, -0.2) is 0 Å². The fraction of sp³-hybridized carbons (Fsp3) is 0.500. The Kier molecular flexibility index (Phi) is 2.02. The number of hydrogen-bond donors (Lipinski definition) is 2. The summed E-state index contributed by atoms with van der Waals surface area (Å²) in [5.41, 5.74) is 0. The highest BCUT2D eigenvalue weighted by Crippen LogP contribution is 2.06. The van der Waals surface area contributed by atoms with E-state index in [9.17, 15) is 4.79 Å². The van der Waals surface area contributed by atoms with E-state index < -0.39 is 0 Å². The number of nitrogens with zero attached hydrogens (tertiary/aromatic N) is 2. The summed E-state index contributed by atoms with van der Waals surface area (Å²) in [5, 5.41) is 9.81. The first-order valence-corrected chi connectivity index (χ1v) is 4.29. The summed E-state index contributed by atoms with van der Waals surface area (Å²) in [6.45, 7) is 0.931. The monoisotopic (exact) mass is 180 g/mol. The first-order chi connectivity index (χ1) is 6.25. The van der Waals surface area contributed by atoms with Gasteiger partial charge < -0.3 is 10.6 Å². The lowest BCUT2D eigenvalue weighted by Gasteiger charge is -2.25. The molecular weight excluding hydrogens is 168 g/mol. The molecular formula is C8H12N4O. The van der Waals surface area contributed by atoms with Crippen LogP contribution in [0.25, 0.3) is 0 Å². The van der Waals surface area contributed by atoms with Crippen molar-refractivity contribution in [1.29, 1.82) is 0 Å². The lowest BCUT2D eigenvalue weighted by molar-refractivity contribution is -0.119. The molecule has 1 aromatic heterocycles. The summed E-state index contributed by atoms with van der Waals surface area (Å²) in [6.07, 6.45) is 2.71. The standard InChI is InChI=1S/C8H12N4O/c1-12-5-3-7(11-12)10-8(13)6-2-4-9-6/h3,5-6,9H,2,4H2,1H3,(H,10,11,13). The molecule has 0 radical (unpaired) electrons. The zero-order valence-corrected chi connectivity index (χ0v) is 7.45. The van der Waals surface area contributed by atoms with Gasteiger partial charge in [0, 0.05) is 19.3 Å². The van der Waals surface area contributed by atoms with Crippen LogP contribution in [-0.4, -0.2) is 28.3 Å². The highest BCUT2D eigenvalue weighted by Gasteiger charge is 2.24. The Morgan fingerprint density at radius 1 is 1.85 bits per heavy atom. The largest absolute Gasteiger partial charge is 0.308 e. The van der Waals surface area contributed by atoms with Crippen molar-refractivity contribution >= 4 is 11.7 Å². The molecule has 0 spiro atoms. The quantitative estimate of drug-likeness (QED) is 0.658. The van der Waals surface area contributed by atoms with Crippen LogP contribution in [0, 0.1) is 0 Å². The van der Waals surface area contributed by atoms with Crippen molar-refractivity contribution in [2.24, 2.45) is 7.05 Å². The molecule has 0 aromatic carbocycles. The van der Waals surface area contributed by atoms with Crippen molar-refractivity contribution in [3.8, 4) is 0 Å². The van der Waals surface area contributed by atoms with E-state index in [1.165, 1.54) is 0 Å². The Bertz CT molecular complexity index is 316. The Morgan fingerprint density at radius 2 is 2.62 bits per heavy atom. The average Bonchev–Trinajstić information content (AvgIpc) is 2.31. The smallest absolute Gasteiger partial charge is 0.242 e. The molecule has 0 saturated carbocycles. The SMILES string of the molecule is Cn1ccc(NC(=O)C2CCN2)n1. The Labute approximate surface area is 76.1 Å². The third-order valence-electron chi connectivity index (χ3n) is 2.11. The van der Waals surface area contributed by atoms with Crippen LogP contribution in [0.1, 0.15) is 6.42 Å². The fourth-order valence-electron chi connectivity index (χ4n) is 1.21. The molecule has 2 heterocycles. The molecule has 2 N–H and O–H groups in total. The van der Waals surface area contributed by atoms with E-state index in [2.05, 4.69) is 15.7 Å². The van der Waals surface area contributed by atoms with E-state index in [1.54, 1.807) is 16.9 Å². The predicted octanol–water partition coefficient (Wildman–Crippen LogP) is -0.280. The van der Waals surface area contributed by atoms with Gasteiger partial charge >= 0.3 is 0 Å². The van der Waals surface area contributed by atoms with Gasteiger partial charge in [0.15, 0.2) is 5.82 Å². The molecule has 70 valence electrons. The molecule has 5 heteroatoms. The molecule has 2 rings (SSSR count). The van der Waals surface area contributed by atoms with Gasteiger partial charge in [0.25, 0.3) is 0 Å². The number of rotatable bonds is 2. The molecule has 13 heavy (non-hydrogen) atoms. The maximum atomic E-state index is 11.4. The molecule has 1 atom stereocenters. The predicted molar refractivity (Wildman–Crippen MR) is 48.2 cm³/mol. The second-order valence-corrected chi connectivity index (χ2v) is 3.16. The zero-order chi connectivity index (χ0) is 9.26. The summed E-state index contributed by atoms with van der Waals surface area (Å²) < 4.78 is 1.66. The summed E-state index contributed by atoms with van der Waals surface area (Å²) >= 11 is 0. The van der Waals surface area contributed by atoms with Crippen LogP contribution in [-0.2, 0) is 11.8 Å². The van der Waals surface area contributed by atoms with Gasteiger partial charge in [-0.3, -0.25) is 9.48 Å². The Hall–Kier alpha value is -1.36. The highest BCUT2D eigenvalue weighted by molar-refractivity contribution is 5.94. The van der Waals surface area contributed by atoms with Gasteiger partial charge in [0.1, 0.15) is 0 Å². The van der Waals surface area contributed by atoms with Crippen LogP contribution in [0.15, 0.2) is 12.3 Å². The zero-order valence-electron chi connectivity index (χ0n) is 7.45. The number of amides is 1. The maximum Gasteiger partial charge on any atom is 0.242 e. The van der Waals surface area contributed by atoms with E-state index in [4.69, 9.17) is 0 Å². The molecule has 1 aromatic rings. The van der Waals surface area contributed by atoms with Gasteiger partial charge in [-0.2, -0.15) is 5.10 Å². The van der Waals surface area contributed by atoms with Gasteiger partial charge in [0.2, 0.25) is 5.91 Å². The van der Waals surface area contributed by atoms with E-state index in [-0.39, 0.29) is 11.9 Å². The first kappa shape index (κ1) is 8.25. The number of hydrogen-bond acceptors (Lipinski definition) is 3. The van der Waals surface area contributed by atoms with Gasteiger partial charge in [0.05, 0.1) is 6.04 Å². The lowest BCUT2D eigenvalue weighted by Crippen LogP contribution is -2.50. The van der Waals surface area contributed by atoms with Crippen LogP contribution in [0.2, 0.25) is 0 Å². The van der Waals surface area contributed by atoms with Crippen molar-refractivity contribution in [2.75, 3.05) is 11.9 Å². The Balaban J connectivity index is 1.93. The second kappa shape index (κ2) is 3.18. The second-order valence-electron chi connectivity index (χ2n) is 3.16.